The molecule has 2 aromatic rings. The summed E-state index contributed by atoms with van der Waals surface area (Å²) in [4.78, 5) is 12.0. The Morgan fingerprint density at radius 3 is 2.57 bits per heavy atom. The maximum absolute atomic E-state index is 12.0. The average Bonchev–Trinajstić information content (AvgIpc) is 2.74. The zero-order valence-electron chi connectivity index (χ0n) is 11.9. The monoisotopic (exact) mass is 326 g/mol. The van der Waals surface area contributed by atoms with E-state index in [0.717, 1.165) is 11.4 Å². The number of hydrogen-bond donors (Lipinski definition) is 0. The quantitative estimate of drug-likeness (QED) is 0.812. The summed E-state index contributed by atoms with van der Waals surface area (Å²) >= 11 is 12.0. The maximum atomic E-state index is 12.0. The number of halogens is 2. The molecule has 0 unspecified atom stereocenters. The fourth-order valence-electron chi connectivity index (χ4n) is 1.97. The normalized spacial score (nSPS) is 10.7. The summed E-state index contributed by atoms with van der Waals surface area (Å²) in [7, 11) is 0. The van der Waals surface area contributed by atoms with E-state index < -0.39 is 0 Å². The molecule has 0 radical (unpaired) electrons. The maximum Gasteiger partial charge on any atom is 0.176 e. The molecule has 0 N–H and O–H groups in total. The molecule has 21 heavy (non-hydrogen) atoms. The number of Topliss-reactive ketones (excluding diaryl/α,β-unsaturated/α-hetero) is 1. The van der Waals surface area contributed by atoms with Crippen LogP contribution in [0, 0.1) is 6.92 Å². The predicted molar refractivity (Wildman–Crippen MR) is 83.3 cm³/mol. The lowest BCUT2D eigenvalue weighted by Gasteiger charge is -2.07. The minimum absolute atomic E-state index is 0.00803. The number of benzene rings is 1. The number of ketones is 1. The summed E-state index contributed by atoms with van der Waals surface area (Å²) in [6.45, 7) is 4.45. The van der Waals surface area contributed by atoms with Gasteiger partial charge in [0.25, 0.3) is 0 Å². The zero-order chi connectivity index (χ0) is 15.4. The van der Waals surface area contributed by atoms with E-state index in [1.165, 1.54) is 0 Å². The van der Waals surface area contributed by atoms with Gasteiger partial charge in [0.2, 0.25) is 0 Å². The lowest BCUT2D eigenvalue weighted by molar-refractivity contribution is -0.120. The van der Waals surface area contributed by atoms with Gasteiger partial charge in [-0.2, -0.15) is 5.10 Å². The van der Waals surface area contributed by atoms with Crippen molar-refractivity contribution in [3.63, 3.8) is 0 Å². The topological polar surface area (TPSA) is 44.1 Å². The van der Waals surface area contributed by atoms with Gasteiger partial charge in [-0.15, -0.1) is 0 Å². The van der Waals surface area contributed by atoms with Crippen molar-refractivity contribution in [1.29, 1.82) is 0 Å². The molecule has 0 saturated carbocycles. The van der Waals surface area contributed by atoms with Crippen molar-refractivity contribution in [3.8, 4) is 5.75 Å². The van der Waals surface area contributed by atoms with E-state index in [1.54, 1.807) is 28.9 Å². The van der Waals surface area contributed by atoms with Gasteiger partial charge in [0, 0.05) is 11.6 Å². The first-order chi connectivity index (χ1) is 10.0. The first-order valence-corrected chi connectivity index (χ1v) is 7.38. The number of carbonyl (C=O) groups is 1. The predicted octanol–water partition coefficient (Wildman–Crippen LogP) is 3.71. The number of ether oxygens (including phenoxy) is 1. The molecule has 1 aromatic heterocycles. The molecule has 0 fully saturated rings. The van der Waals surface area contributed by atoms with Gasteiger partial charge in [-0.25, -0.2) is 0 Å². The Labute approximate surface area is 133 Å². The second-order valence-electron chi connectivity index (χ2n) is 4.62. The Morgan fingerprint density at radius 2 is 1.95 bits per heavy atom. The van der Waals surface area contributed by atoms with E-state index in [0.29, 0.717) is 22.3 Å². The van der Waals surface area contributed by atoms with Crippen LogP contribution in [-0.2, 0) is 17.8 Å². The number of nitrogens with zero attached hydrogens (tertiary/aromatic N) is 2. The number of aryl methyl sites for hydroxylation is 2. The van der Waals surface area contributed by atoms with Crippen molar-refractivity contribution in [2.75, 3.05) is 6.61 Å². The third-order valence-electron chi connectivity index (χ3n) is 3.03. The molecule has 0 amide bonds. The largest absolute Gasteiger partial charge is 0.486 e. The smallest absolute Gasteiger partial charge is 0.176 e. The molecular weight excluding hydrogens is 311 g/mol. The summed E-state index contributed by atoms with van der Waals surface area (Å²) in [5.41, 5.74) is 1.47. The Kier molecular flexibility index (Phi) is 5.26. The number of hydrogen-bond acceptors (Lipinski definition) is 3. The second kappa shape index (κ2) is 6.96. The summed E-state index contributed by atoms with van der Waals surface area (Å²) < 4.78 is 7.18. The summed E-state index contributed by atoms with van der Waals surface area (Å²) in [6.07, 6.45) is 0.209. The average molecular weight is 327 g/mol. The lowest BCUT2D eigenvalue weighted by Crippen LogP contribution is -2.16. The highest BCUT2D eigenvalue weighted by molar-refractivity contribution is 6.32. The summed E-state index contributed by atoms with van der Waals surface area (Å²) in [6, 6.07) is 6.88. The Bertz CT molecular complexity index is 636. The molecule has 0 aliphatic heterocycles. The molecule has 2 rings (SSSR count). The van der Waals surface area contributed by atoms with Crippen LogP contribution in [0.25, 0.3) is 0 Å². The van der Waals surface area contributed by atoms with Gasteiger partial charge >= 0.3 is 0 Å². The Hall–Kier alpha value is -1.52. The molecule has 0 saturated heterocycles. The number of carbonyl (C=O) groups excluding carboxylic acids is 1. The fourth-order valence-corrected chi connectivity index (χ4v) is 2.30. The molecule has 6 heteroatoms. The van der Waals surface area contributed by atoms with Crippen LogP contribution in [0.3, 0.4) is 0 Å². The molecule has 1 aromatic carbocycles. The van der Waals surface area contributed by atoms with Crippen LogP contribution in [0.1, 0.15) is 18.3 Å². The molecule has 4 nitrogen and oxygen atoms in total. The van der Waals surface area contributed by atoms with Crippen molar-refractivity contribution in [1.82, 2.24) is 9.78 Å². The van der Waals surface area contributed by atoms with E-state index in [9.17, 15) is 4.79 Å². The SMILES string of the molecule is CCn1nc(C)c(Cl)c1CC(=O)COc1ccc(Cl)cc1. The van der Waals surface area contributed by atoms with Crippen LogP contribution in [-0.4, -0.2) is 22.2 Å². The van der Waals surface area contributed by atoms with Crippen molar-refractivity contribution in [3.05, 3.63) is 45.7 Å². The highest BCUT2D eigenvalue weighted by Gasteiger charge is 2.16. The van der Waals surface area contributed by atoms with Gasteiger partial charge in [0.05, 0.1) is 22.8 Å². The van der Waals surface area contributed by atoms with Gasteiger partial charge in [-0.1, -0.05) is 23.2 Å². The molecule has 0 spiro atoms. The fraction of sp³-hybridized carbons (Fsp3) is 0.333. The van der Waals surface area contributed by atoms with Gasteiger partial charge in [0.15, 0.2) is 5.78 Å². The van der Waals surface area contributed by atoms with E-state index in [1.807, 2.05) is 13.8 Å². The molecule has 0 aliphatic rings. The Balaban J connectivity index is 1.97. The third-order valence-corrected chi connectivity index (χ3v) is 3.77. The van der Waals surface area contributed by atoms with Crippen LogP contribution in [0.4, 0.5) is 0 Å². The van der Waals surface area contributed by atoms with Gasteiger partial charge < -0.3 is 4.74 Å². The minimum Gasteiger partial charge on any atom is -0.486 e. The third kappa shape index (κ3) is 3.99. The van der Waals surface area contributed by atoms with Crippen LogP contribution in [0.5, 0.6) is 5.75 Å². The van der Waals surface area contributed by atoms with Crippen LogP contribution >= 0.6 is 23.2 Å². The van der Waals surface area contributed by atoms with E-state index >= 15 is 0 Å². The van der Waals surface area contributed by atoms with Crippen LogP contribution in [0.15, 0.2) is 24.3 Å². The summed E-state index contributed by atoms with van der Waals surface area (Å²) in [5, 5.41) is 5.47. The van der Waals surface area contributed by atoms with Crippen LogP contribution < -0.4 is 4.74 Å². The highest BCUT2D eigenvalue weighted by Crippen LogP contribution is 2.21. The number of aromatic nitrogens is 2. The second-order valence-corrected chi connectivity index (χ2v) is 5.43. The number of rotatable bonds is 6. The molecule has 0 bridgehead atoms. The minimum atomic E-state index is -0.0542. The van der Waals surface area contributed by atoms with Gasteiger partial charge in [-0.05, 0) is 38.1 Å². The van der Waals surface area contributed by atoms with E-state index in [2.05, 4.69) is 5.10 Å². The van der Waals surface area contributed by atoms with Crippen molar-refractivity contribution < 1.29 is 9.53 Å². The van der Waals surface area contributed by atoms with E-state index in [4.69, 9.17) is 27.9 Å². The van der Waals surface area contributed by atoms with Crippen molar-refractivity contribution >= 4 is 29.0 Å². The molecule has 0 atom stereocenters. The standard InChI is InChI=1S/C15H16Cl2N2O2/c1-3-19-14(15(17)10(2)18-19)8-12(20)9-21-13-6-4-11(16)5-7-13/h4-7H,3,8-9H2,1-2H3. The highest BCUT2D eigenvalue weighted by atomic mass is 35.5. The first kappa shape index (κ1) is 15.9. The first-order valence-electron chi connectivity index (χ1n) is 6.63. The van der Waals surface area contributed by atoms with Gasteiger partial charge in [0.1, 0.15) is 12.4 Å². The Morgan fingerprint density at radius 1 is 1.29 bits per heavy atom. The summed E-state index contributed by atoms with van der Waals surface area (Å²) in [5.74, 6) is 0.556. The molecule has 1 heterocycles. The lowest BCUT2D eigenvalue weighted by atomic mass is 10.2. The molecular formula is C15H16Cl2N2O2. The van der Waals surface area contributed by atoms with Crippen molar-refractivity contribution in [2.45, 2.75) is 26.8 Å². The van der Waals surface area contributed by atoms with Crippen LogP contribution in [0.2, 0.25) is 10.0 Å². The van der Waals surface area contributed by atoms with E-state index in [-0.39, 0.29) is 18.8 Å². The van der Waals surface area contributed by atoms with Crippen molar-refractivity contribution in [2.24, 2.45) is 0 Å². The van der Waals surface area contributed by atoms with Gasteiger partial charge in [-0.3, -0.25) is 9.48 Å². The zero-order valence-corrected chi connectivity index (χ0v) is 13.4. The molecule has 112 valence electrons. The molecule has 0 aliphatic carbocycles.